The van der Waals surface area contributed by atoms with E-state index in [-0.39, 0.29) is 6.04 Å². The van der Waals surface area contributed by atoms with Gasteiger partial charge >= 0.3 is 0 Å². The average molecular weight is 284 g/mol. The topological polar surface area (TPSA) is 68.4 Å². The van der Waals surface area contributed by atoms with E-state index in [4.69, 9.17) is 10.5 Å². The molecule has 0 radical (unpaired) electrons. The van der Waals surface area contributed by atoms with Crippen molar-refractivity contribution in [3.05, 3.63) is 59.4 Å². The van der Waals surface area contributed by atoms with Crippen LogP contribution >= 0.6 is 0 Å². The van der Waals surface area contributed by atoms with E-state index in [1.165, 1.54) is 0 Å². The molecule has 4 nitrogen and oxygen atoms in total. The van der Waals surface area contributed by atoms with Crippen LogP contribution in [-0.4, -0.2) is 16.7 Å². The summed E-state index contributed by atoms with van der Waals surface area (Å²) in [4.78, 5) is 4.20. The van der Waals surface area contributed by atoms with Crippen LogP contribution < -0.4 is 10.5 Å². The van der Waals surface area contributed by atoms with Crippen molar-refractivity contribution in [3.63, 3.8) is 0 Å². The molecule has 0 spiro atoms. The molecule has 0 saturated heterocycles. The van der Waals surface area contributed by atoms with Gasteiger partial charge in [0, 0.05) is 24.2 Å². The summed E-state index contributed by atoms with van der Waals surface area (Å²) in [5.74, 6) is 0.681. The first-order chi connectivity index (χ1) is 10.1. The number of ether oxygens (including phenoxy) is 1. The zero-order valence-electron chi connectivity index (χ0n) is 12.1. The van der Waals surface area contributed by atoms with Crippen molar-refractivity contribution >= 4 is 0 Å². The number of pyridine rings is 1. The second-order valence-electron chi connectivity index (χ2n) is 5.52. The molecule has 4 heteroatoms. The van der Waals surface area contributed by atoms with Crippen LogP contribution in [0.1, 0.15) is 42.5 Å². The Kier molecular flexibility index (Phi) is 3.66. The number of benzene rings is 1. The Morgan fingerprint density at radius 3 is 3.00 bits per heavy atom. The second-order valence-corrected chi connectivity index (χ2v) is 5.52. The third-order valence-electron chi connectivity index (χ3n) is 3.98. The van der Waals surface area contributed by atoms with Crippen molar-refractivity contribution in [1.29, 1.82) is 0 Å². The molecule has 0 amide bonds. The average Bonchev–Trinajstić information content (AvgIpc) is 2.79. The summed E-state index contributed by atoms with van der Waals surface area (Å²) >= 11 is 0. The molecule has 3 N–H and O–H groups in total. The van der Waals surface area contributed by atoms with Gasteiger partial charge in [-0.15, -0.1) is 0 Å². The Morgan fingerprint density at radius 2 is 2.19 bits per heavy atom. The third-order valence-corrected chi connectivity index (χ3v) is 3.98. The number of rotatable bonds is 4. The molecule has 1 aliphatic rings. The molecule has 1 heterocycles. The summed E-state index contributed by atoms with van der Waals surface area (Å²) in [5, 5.41) is 11.2. The smallest absolute Gasteiger partial charge is 0.137 e. The van der Waals surface area contributed by atoms with Crippen LogP contribution in [0.2, 0.25) is 0 Å². The highest BCUT2D eigenvalue weighted by Gasteiger charge is 2.42. The molecule has 1 aromatic heterocycles. The molecule has 2 unspecified atom stereocenters. The maximum atomic E-state index is 11.2. The van der Waals surface area contributed by atoms with Crippen LogP contribution in [0.15, 0.2) is 42.7 Å². The van der Waals surface area contributed by atoms with Crippen molar-refractivity contribution in [1.82, 2.24) is 4.98 Å². The van der Waals surface area contributed by atoms with Crippen molar-refractivity contribution in [2.45, 2.75) is 31.4 Å². The van der Waals surface area contributed by atoms with Crippen LogP contribution in [0.5, 0.6) is 5.75 Å². The summed E-state index contributed by atoms with van der Waals surface area (Å²) in [6.45, 7) is 2.69. The SMILES string of the molecule is CCCOc1cncc(C2(O)CC(N)c3ccccc32)c1. The number of hydrogen-bond donors (Lipinski definition) is 2. The quantitative estimate of drug-likeness (QED) is 0.905. The number of nitrogens with zero attached hydrogens (tertiary/aromatic N) is 1. The fourth-order valence-electron chi connectivity index (χ4n) is 2.95. The van der Waals surface area contributed by atoms with E-state index >= 15 is 0 Å². The van der Waals surface area contributed by atoms with Crippen molar-refractivity contribution in [2.75, 3.05) is 6.61 Å². The van der Waals surface area contributed by atoms with Gasteiger partial charge in [0.25, 0.3) is 0 Å². The lowest BCUT2D eigenvalue weighted by Crippen LogP contribution is -2.25. The molecule has 1 aliphatic carbocycles. The van der Waals surface area contributed by atoms with Gasteiger partial charge in [-0.25, -0.2) is 0 Å². The first-order valence-electron chi connectivity index (χ1n) is 7.31. The van der Waals surface area contributed by atoms with E-state index in [1.807, 2.05) is 30.3 Å². The number of nitrogens with two attached hydrogens (primary N) is 1. The summed E-state index contributed by atoms with van der Waals surface area (Å²) < 4.78 is 5.61. The number of fused-ring (bicyclic) bond motifs is 1. The van der Waals surface area contributed by atoms with Gasteiger partial charge in [-0.2, -0.15) is 0 Å². The molecule has 2 aromatic rings. The van der Waals surface area contributed by atoms with Gasteiger partial charge < -0.3 is 15.6 Å². The fraction of sp³-hybridized carbons (Fsp3) is 0.353. The molecular formula is C17H20N2O2. The van der Waals surface area contributed by atoms with E-state index in [9.17, 15) is 5.11 Å². The minimum absolute atomic E-state index is 0.161. The molecule has 0 fully saturated rings. The Bertz CT molecular complexity index is 644. The Hall–Kier alpha value is -1.91. The van der Waals surface area contributed by atoms with E-state index in [1.54, 1.807) is 12.4 Å². The molecular weight excluding hydrogens is 264 g/mol. The van der Waals surface area contributed by atoms with Gasteiger partial charge in [0.15, 0.2) is 0 Å². The van der Waals surface area contributed by atoms with Gasteiger partial charge in [-0.1, -0.05) is 31.2 Å². The highest BCUT2D eigenvalue weighted by molar-refractivity contribution is 5.47. The Morgan fingerprint density at radius 1 is 1.38 bits per heavy atom. The Labute approximate surface area is 124 Å². The van der Waals surface area contributed by atoms with Crippen molar-refractivity contribution < 1.29 is 9.84 Å². The van der Waals surface area contributed by atoms with Gasteiger partial charge in [0.1, 0.15) is 11.4 Å². The first-order valence-corrected chi connectivity index (χ1v) is 7.31. The highest BCUT2D eigenvalue weighted by Crippen LogP contribution is 2.46. The lowest BCUT2D eigenvalue weighted by molar-refractivity contribution is 0.0769. The van der Waals surface area contributed by atoms with Crippen LogP contribution in [0.25, 0.3) is 0 Å². The molecule has 3 rings (SSSR count). The maximum absolute atomic E-state index is 11.2. The second kappa shape index (κ2) is 5.47. The van der Waals surface area contributed by atoms with E-state index < -0.39 is 5.60 Å². The number of aliphatic hydroxyl groups is 1. The highest BCUT2D eigenvalue weighted by atomic mass is 16.5. The lowest BCUT2D eigenvalue weighted by atomic mass is 9.89. The van der Waals surface area contributed by atoms with Gasteiger partial charge in [-0.3, -0.25) is 4.98 Å². The molecule has 0 bridgehead atoms. The van der Waals surface area contributed by atoms with Crippen LogP contribution in [0.3, 0.4) is 0 Å². The summed E-state index contributed by atoms with van der Waals surface area (Å²) in [6.07, 6.45) is 4.75. The normalized spacial score (nSPS) is 23.9. The summed E-state index contributed by atoms with van der Waals surface area (Å²) in [6, 6.07) is 9.48. The monoisotopic (exact) mass is 284 g/mol. The zero-order chi connectivity index (χ0) is 14.9. The molecule has 110 valence electrons. The van der Waals surface area contributed by atoms with Gasteiger partial charge in [-0.05, 0) is 23.6 Å². The van der Waals surface area contributed by atoms with Crippen LogP contribution in [0, 0.1) is 0 Å². The van der Waals surface area contributed by atoms with Crippen LogP contribution in [-0.2, 0) is 5.60 Å². The van der Waals surface area contributed by atoms with E-state index in [2.05, 4.69) is 11.9 Å². The first kappa shape index (κ1) is 14.0. The van der Waals surface area contributed by atoms with Crippen LogP contribution in [0.4, 0.5) is 0 Å². The predicted octanol–water partition coefficient (Wildman–Crippen LogP) is 2.51. The van der Waals surface area contributed by atoms with Crippen molar-refractivity contribution in [2.24, 2.45) is 5.73 Å². The number of aromatic nitrogens is 1. The largest absolute Gasteiger partial charge is 0.492 e. The summed E-state index contributed by atoms with van der Waals surface area (Å²) in [5.41, 5.74) is 7.68. The molecule has 2 atom stereocenters. The minimum atomic E-state index is -1.09. The van der Waals surface area contributed by atoms with Crippen molar-refractivity contribution in [3.8, 4) is 5.75 Å². The maximum Gasteiger partial charge on any atom is 0.137 e. The minimum Gasteiger partial charge on any atom is -0.492 e. The van der Waals surface area contributed by atoms with E-state index in [0.717, 1.165) is 23.1 Å². The van der Waals surface area contributed by atoms with E-state index in [0.29, 0.717) is 18.8 Å². The Balaban J connectivity index is 2.00. The zero-order valence-corrected chi connectivity index (χ0v) is 12.1. The number of hydrogen-bond acceptors (Lipinski definition) is 4. The summed E-state index contributed by atoms with van der Waals surface area (Å²) in [7, 11) is 0. The van der Waals surface area contributed by atoms with Gasteiger partial charge in [0.2, 0.25) is 0 Å². The molecule has 21 heavy (non-hydrogen) atoms. The molecule has 1 aromatic carbocycles. The lowest BCUT2D eigenvalue weighted by Gasteiger charge is -2.25. The van der Waals surface area contributed by atoms with Gasteiger partial charge in [0.05, 0.1) is 12.8 Å². The molecule has 0 aliphatic heterocycles. The molecule has 0 saturated carbocycles. The third kappa shape index (κ3) is 2.41. The fourth-order valence-corrected chi connectivity index (χ4v) is 2.95. The standard InChI is InChI=1S/C17H20N2O2/c1-2-7-21-13-8-12(10-19-11-13)17(20)9-16(18)14-5-3-4-6-15(14)17/h3-6,8,10-11,16,20H,2,7,9,18H2,1H3. The predicted molar refractivity (Wildman–Crippen MR) is 81.0 cm³/mol.